The predicted molar refractivity (Wildman–Crippen MR) is 65.2 cm³/mol. The van der Waals surface area contributed by atoms with E-state index < -0.39 is 0 Å². The smallest absolute Gasteiger partial charge is 0.141 e. The summed E-state index contributed by atoms with van der Waals surface area (Å²) in [6.07, 6.45) is 0.793. The van der Waals surface area contributed by atoms with Crippen molar-refractivity contribution < 1.29 is 5.11 Å². The molecule has 80 valence electrons. The van der Waals surface area contributed by atoms with Gasteiger partial charge in [0.25, 0.3) is 0 Å². The summed E-state index contributed by atoms with van der Waals surface area (Å²) in [5.41, 5.74) is 16.8. The number of hydrogen-bond donors (Lipinski definition) is 3. The second-order valence-electron chi connectivity index (χ2n) is 4.08. The first-order chi connectivity index (χ1) is 7.68. The van der Waals surface area contributed by atoms with Crippen molar-refractivity contribution in [2.75, 3.05) is 11.5 Å². The molecule has 0 aliphatic heterocycles. The third kappa shape index (κ3) is 1.03. The Morgan fingerprint density at radius 1 is 1.00 bits per heavy atom. The molecule has 0 amide bonds. The zero-order valence-corrected chi connectivity index (χ0v) is 8.70. The molecule has 0 heterocycles. The average molecular weight is 212 g/mol. The van der Waals surface area contributed by atoms with Crippen molar-refractivity contribution in [3.8, 4) is 16.9 Å². The van der Waals surface area contributed by atoms with Gasteiger partial charge in [-0.05, 0) is 28.3 Å². The molecule has 3 rings (SSSR count). The van der Waals surface area contributed by atoms with Gasteiger partial charge in [0.05, 0.1) is 11.4 Å². The molecular weight excluding hydrogens is 200 g/mol. The summed E-state index contributed by atoms with van der Waals surface area (Å²) in [5, 5.41) is 9.68. The van der Waals surface area contributed by atoms with E-state index in [1.165, 1.54) is 5.56 Å². The third-order valence-electron chi connectivity index (χ3n) is 3.17. The maximum atomic E-state index is 9.68. The number of nitrogens with two attached hydrogens (primary N) is 2. The molecule has 0 bridgehead atoms. The average Bonchev–Trinajstić information content (AvgIpc) is 2.65. The van der Waals surface area contributed by atoms with E-state index in [2.05, 4.69) is 6.07 Å². The minimum absolute atomic E-state index is 0.0629. The van der Waals surface area contributed by atoms with Crippen molar-refractivity contribution in [1.82, 2.24) is 0 Å². The maximum Gasteiger partial charge on any atom is 0.141 e. The van der Waals surface area contributed by atoms with E-state index in [9.17, 15) is 5.11 Å². The normalized spacial score (nSPS) is 12.2. The van der Waals surface area contributed by atoms with Crippen LogP contribution in [0.3, 0.4) is 0 Å². The van der Waals surface area contributed by atoms with Crippen molar-refractivity contribution in [1.29, 1.82) is 0 Å². The number of rotatable bonds is 0. The van der Waals surface area contributed by atoms with Crippen LogP contribution in [0.25, 0.3) is 11.1 Å². The summed E-state index contributed by atoms with van der Waals surface area (Å²) in [6.45, 7) is 0. The molecule has 0 radical (unpaired) electrons. The summed E-state index contributed by atoms with van der Waals surface area (Å²) in [7, 11) is 0. The Morgan fingerprint density at radius 2 is 1.75 bits per heavy atom. The zero-order valence-electron chi connectivity index (χ0n) is 8.70. The molecule has 0 atom stereocenters. The number of anilines is 2. The van der Waals surface area contributed by atoms with Gasteiger partial charge in [-0.3, -0.25) is 0 Å². The number of phenolic OH excluding ortho intramolecular Hbond substituents is 1. The zero-order chi connectivity index (χ0) is 11.3. The van der Waals surface area contributed by atoms with Gasteiger partial charge in [0.15, 0.2) is 0 Å². The van der Waals surface area contributed by atoms with Gasteiger partial charge in [0.1, 0.15) is 5.75 Å². The summed E-state index contributed by atoms with van der Waals surface area (Å²) >= 11 is 0. The highest BCUT2D eigenvalue weighted by Crippen LogP contribution is 2.44. The number of fused-ring (bicyclic) bond motifs is 3. The first-order valence-electron chi connectivity index (χ1n) is 5.16. The van der Waals surface area contributed by atoms with Crippen LogP contribution in [0, 0.1) is 0 Å². The van der Waals surface area contributed by atoms with Crippen LogP contribution in [0.4, 0.5) is 11.4 Å². The van der Waals surface area contributed by atoms with Gasteiger partial charge >= 0.3 is 0 Å². The standard InChI is InChI=1S/C13H12N2O/c14-12-10-5-7-3-1-2-4-8(7)9(10)6-11(16)13(12)15/h1-4,6,16H,5,14-15H2. The lowest BCUT2D eigenvalue weighted by atomic mass is 10.0. The Balaban J connectivity index is 2.34. The molecule has 1 aliphatic carbocycles. The van der Waals surface area contributed by atoms with Crippen LogP contribution in [0.15, 0.2) is 30.3 Å². The lowest BCUT2D eigenvalue weighted by Gasteiger charge is -2.09. The van der Waals surface area contributed by atoms with E-state index in [-0.39, 0.29) is 11.4 Å². The van der Waals surface area contributed by atoms with Gasteiger partial charge in [-0.2, -0.15) is 0 Å². The molecule has 3 heteroatoms. The fourth-order valence-electron chi connectivity index (χ4n) is 2.31. The highest BCUT2D eigenvalue weighted by Gasteiger charge is 2.22. The van der Waals surface area contributed by atoms with Crippen LogP contribution in [-0.4, -0.2) is 5.11 Å². The van der Waals surface area contributed by atoms with Crippen molar-refractivity contribution in [3.63, 3.8) is 0 Å². The number of aromatic hydroxyl groups is 1. The Morgan fingerprint density at radius 3 is 2.56 bits per heavy atom. The fourth-order valence-corrected chi connectivity index (χ4v) is 2.31. The second kappa shape index (κ2) is 2.92. The molecule has 0 fully saturated rings. The van der Waals surface area contributed by atoms with Gasteiger partial charge in [-0.25, -0.2) is 0 Å². The Bertz CT molecular complexity index is 591. The van der Waals surface area contributed by atoms with E-state index in [4.69, 9.17) is 11.5 Å². The second-order valence-corrected chi connectivity index (χ2v) is 4.08. The van der Waals surface area contributed by atoms with Crippen molar-refractivity contribution >= 4 is 11.4 Å². The van der Waals surface area contributed by atoms with Crippen LogP contribution < -0.4 is 11.5 Å². The maximum absolute atomic E-state index is 9.68. The molecule has 0 unspecified atom stereocenters. The lowest BCUT2D eigenvalue weighted by molar-refractivity contribution is 0.478. The Hall–Kier alpha value is -2.16. The fraction of sp³-hybridized carbons (Fsp3) is 0.0769. The lowest BCUT2D eigenvalue weighted by Crippen LogP contribution is -1.99. The highest BCUT2D eigenvalue weighted by atomic mass is 16.3. The largest absolute Gasteiger partial charge is 0.506 e. The van der Waals surface area contributed by atoms with Gasteiger partial charge in [-0.15, -0.1) is 0 Å². The molecule has 0 spiro atoms. The summed E-state index contributed by atoms with van der Waals surface area (Å²) in [4.78, 5) is 0. The van der Waals surface area contributed by atoms with E-state index in [1.54, 1.807) is 6.07 Å². The van der Waals surface area contributed by atoms with E-state index in [0.29, 0.717) is 5.69 Å². The molecular formula is C13H12N2O. The van der Waals surface area contributed by atoms with E-state index in [1.807, 2.05) is 18.2 Å². The van der Waals surface area contributed by atoms with Gasteiger partial charge in [0, 0.05) is 6.42 Å². The summed E-state index contributed by atoms with van der Waals surface area (Å²) in [6, 6.07) is 9.80. The molecule has 1 aliphatic rings. The van der Waals surface area contributed by atoms with Crippen LogP contribution in [0.2, 0.25) is 0 Å². The van der Waals surface area contributed by atoms with Gasteiger partial charge in [-0.1, -0.05) is 24.3 Å². The Labute approximate surface area is 93.3 Å². The molecule has 5 N–H and O–H groups in total. The first-order valence-corrected chi connectivity index (χ1v) is 5.16. The highest BCUT2D eigenvalue weighted by molar-refractivity contribution is 5.89. The van der Waals surface area contributed by atoms with Crippen molar-refractivity contribution in [3.05, 3.63) is 41.5 Å². The van der Waals surface area contributed by atoms with Gasteiger partial charge < -0.3 is 16.6 Å². The molecule has 0 saturated carbocycles. The Kier molecular flexibility index (Phi) is 1.66. The quantitative estimate of drug-likeness (QED) is 0.395. The number of phenols is 1. The molecule has 0 aromatic heterocycles. The number of hydrogen-bond acceptors (Lipinski definition) is 3. The van der Waals surface area contributed by atoms with E-state index in [0.717, 1.165) is 23.1 Å². The van der Waals surface area contributed by atoms with Crippen molar-refractivity contribution in [2.45, 2.75) is 6.42 Å². The molecule has 3 nitrogen and oxygen atoms in total. The van der Waals surface area contributed by atoms with E-state index >= 15 is 0 Å². The number of nitrogen functional groups attached to an aromatic ring is 2. The first kappa shape index (κ1) is 9.09. The van der Waals surface area contributed by atoms with Crippen LogP contribution in [0.1, 0.15) is 11.1 Å². The summed E-state index contributed by atoms with van der Waals surface area (Å²) in [5.74, 6) is 0.0629. The third-order valence-corrected chi connectivity index (χ3v) is 3.17. The predicted octanol–water partition coefficient (Wildman–Crippen LogP) is 2.13. The topological polar surface area (TPSA) is 72.3 Å². The van der Waals surface area contributed by atoms with Crippen LogP contribution in [-0.2, 0) is 6.42 Å². The minimum atomic E-state index is 0.0629. The summed E-state index contributed by atoms with van der Waals surface area (Å²) < 4.78 is 0. The minimum Gasteiger partial charge on any atom is -0.506 e. The van der Waals surface area contributed by atoms with Crippen molar-refractivity contribution in [2.24, 2.45) is 0 Å². The van der Waals surface area contributed by atoms with Crippen LogP contribution in [0.5, 0.6) is 5.75 Å². The molecule has 2 aromatic rings. The molecule has 2 aromatic carbocycles. The SMILES string of the molecule is Nc1c(O)cc2c(c1N)Cc1ccccc1-2. The number of benzene rings is 2. The molecule has 0 saturated heterocycles. The van der Waals surface area contributed by atoms with Gasteiger partial charge in [0.2, 0.25) is 0 Å². The molecule has 16 heavy (non-hydrogen) atoms. The van der Waals surface area contributed by atoms with Crippen LogP contribution >= 0.6 is 0 Å². The monoisotopic (exact) mass is 212 g/mol.